The van der Waals surface area contributed by atoms with E-state index in [0.29, 0.717) is 23.6 Å². The van der Waals surface area contributed by atoms with E-state index in [0.717, 1.165) is 16.7 Å². The maximum Gasteiger partial charge on any atom is 0.341 e. The van der Waals surface area contributed by atoms with Crippen molar-refractivity contribution in [1.82, 2.24) is 0 Å². The number of hydrogen-bond acceptors (Lipinski definition) is 3. The molecule has 4 heteroatoms. The quantitative estimate of drug-likeness (QED) is 0.641. The van der Waals surface area contributed by atoms with E-state index in [9.17, 15) is 4.79 Å². The summed E-state index contributed by atoms with van der Waals surface area (Å²) in [7, 11) is 1.37. The number of carbonyl (C=O) groups excluding carboxylic acids is 1. The minimum Gasteiger partial charge on any atom is -0.488 e. The Hall–Kier alpha value is -2.00. The molecule has 0 saturated heterocycles. The second-order valence-corrected chi connectivity index (χ2v) is 5.28. The molecule has 0 bridgehead atoms. The van der Waals surface area contributed by atoms with Gasteiger partial charge in [-0.15, -0.1) is 11.6 Å². The number of ether oxygens (including phenoxy) is 2. The lowest BCUT2D eigenvalue weighted by Gasteiger charge is -2.11. The van der Waals surface area contributed by atoms with E-state index < -0.39 is 0 Å². The maximum absolute atomic E-state index is 12.0. The van der Waals surface area contributed by atoms with E-state index in [1.807, 2.05) is 36.4 Å². The van der Waals surface area contributed by atoms with Crippen molar-refractivity contribution in [2.45, 2.75) is 12.5 Å². The van der Waals surface area contributed by atoms with Crippen molar-refractivity contribution in [2.24, 2.45) is 0 Å². The van der Waals surface area contributed by atoms with Crippen LogP contribution in [0.25, 0.3) is 11.1 Å². The first-order valence-corrected chi connectivity index (χ1v) is 7.29. The van der Waals surface area contributed by atoms with Crippen LogP contribution in [0, 0.1) is 0 Å². The molecule has 0 aromatic heterocycles. The lowest BCUT2D eigenvalue weighted by molar-refractivity contribution is 0.0595. The number of methoxy groups -OCH3 is 1. The second kappa shape index (κ2) is 5.78. The highest BCUT2D eigenvalue weighted by atomic mass is 35.5. The number of esters is 1. The molecular weight excluding hydrogens is 288 g/mol. The van der Waals surface area contributed by atoms with E-state index in [1.165, 1.54) is 7.11 Å². The van der Waals surface area contributed by atoms with Gasteiger partial charge in [-0.05, 0) is 28.8 Å². The molecule has 2 aromatic carbocycles. The maximum atomic E-state index is 12.0. The zero-order valence-electron chi connectivity index (χ0n) is 11.6. The summed E-state index contributed by atoms with van der Waals surface area (Å²) >= 11 is 5.88. The van der Waals surface area contributed by atoms with Gasteiger partial charge >= 0.3 is 5.97 Å². The third-order valence-corrected chi connectivity index (χ3v) is 3.93. The van der Waals surface area contributed by atoms with Crippen molar-refractivity contribution in [3.05, 3.63) is 53.6 Å². The topological polar surface area (TPSA) is 35.5 Å². The summed E-state index contributed by atoms with van der Waals surface area (Å²) in [4.78, 5) is 12.0. The minimum absolute atomic E-state index is 0.0869. The van der Waals surface area contributed by atoms with E-state index in [-0.39, 0.29) is 12.1 Å². The van der Waals surface area contributed by atoms with Crippen molar-refractivity contribution >= 4 is 17.6 Å². The summed E-state index contributed by atoms with van der Waals surface area (Å²) in [6.45, 7) is 0. The molecule has 3 nitrogen and oxygen atoms in total. The van der Waals surface area contributed by atoms with E-state index in [4.69, 9.17) is 21.1 Å². The number of rotatable bonds is 3. The highest BCUT2D eigenvalue weighted by Crippen LogP contribution is 2.37. The second-order valence-electron chi connectivity index (χ2n) is 4.97. The van der Waals surface area contributed by atoms with Crippen molar-refractivity contribution in [3.63, 3.8) is 0 Å². The normalized spacial score (nSPS) is 16.2. The Morgan fingerprint density at radius 2 is 2.05 bits per heavy atom. The molecule has 0 amide bonds. The summed E-state index contributed by atoms with van der Waals surface area (Å²) in [5.74, 6) is 0.613. The van der Waals surface area contributed by atoms with Crippen molar-refractivity contribution in [2.75, 3.05) is 13.0 Å². The van der Waals surface area contributed by atoms with Crippen LogP contribution < -0.4 is 4.74 Å². The molecule has 1 aliphatic heterocycles. The van der Waals surface area contributed by atoms with Crippen LogP contribution in [0.5, 0.6) is 5.75 Å². The van der Waals surface area contributed by atoms with Gasteiger partial charge in [0.05, 0.1) is 13.0 Å². The molecule has 0 radical (unpaired) electrons. The average molecular weight is 303 g/mol. The van der Waals surface area contributed by atoms with E-state index >= 15 is 0 Å². The summed E-state index contributed by atoms with van der Waals surface area (Å²) in [6, 6.07) is 13.8. The van der Waals surface area contributed by atoms with Gasteiger partial charge in [0.2, 0.25) is 0 Å². The lowest BCUT2D eigenvalue weighted by Crippen LogP contribution is -2.14. The van der Waals surface area contributed by atoms with E-state index in [2.05, 4.69) is 6.07 Å². The van der Waals surface area contributed by atoms with Crippen LogP contribution in [0.1, 0.15) is 15.9 Å². The molecule has 0 fully saturated rings. The number of benzene rings is 2. The molecule has 1 heterocycles. The van der Waals surface area contributed by atoms with Crippen LogP contribution in [-0.4, -0.2) is 25.1 Å². The van der Waals surface area contributed by atoms with Gasteiger partial charge in [-0.25, -0.2) is 4.79 Å². The van der Waals surface area contributed by atoms with Crippen LogP contribution in [0.4, 0.5) is 0 Å². The summed E-state index contributed by atoms with van der Waals surface area (Å²) in [6.07, 6.45) is 0.625. The lowest BCUT2D eigenvalue weighted by atomic mass is 9.97. The molecule has 0 saturated carbocycles. The highest BCUT2D eigenvalue weighted by molar-refractivity contribution is 6.18. The number of alkyl halides is 1. The van der Waals surface area contributed by atoms with Crippen molar-refractivity contribution in [3.8, 4) is 16.9 Å². The Bertz CT molecular complexity index is 667. The van der Waals surface area contributed by atoms with Gasteiger partial charge in [0.15, 0.2) is 0 Å². The van der Waals surface area contributed by atoms with Crippen LogP contribution in [0.2, 0.25) is 0 Å². The fourth-order valence-electron chi connectivity index (χ4n) is 2.58. The molecule has 3 rings (SSSR count). The number of fused-ring (bicyclic) bond motifs is 1. The van der Waals surface area contributed by atoms with Gasteiger partial charge in [0.1, 0.15) is 17.4 Å². The Morgan fingerprint density at radius 3 is 2.71 bits per heavy atom. The summed E-state index contributed by atoms with van der Waals surface area (Å²) < 4.78 is 10.6. The fraction of sp³-hybridized carbons (Fsp3) is 0.235. The van der Waals surface area contributed by atoms with Gasteiger partial charge in [-0.2, -0.15) is 0 Å². The van der Waals surface area contributed by atoms with Crippen LogP contribution in [-0.2, 0) is 11.2 Å². The predicted molar refractivity (Wildman–Crippen MR) is 82.1 cm³/mol. The average Bonchev–Trinajstić information content (AvgIpc) is 2.97. The smallest absolute Gasteiger partial charge is 0.341 e. The molecular formula is C17H15ClO3. The third-order valence-electron chi connectivity index (χ3n) is 3.58. The van der Waals surface area contributed by atoms with Crippen LogP contribution in [0.15, 0.2) is 42.5 Å². The first-order valence-electron chi connectivity index (χ1n) is 6.76. The van der Waals surface area contributed by atoms with Crippen molar-refractivity contribution in [1.29, 1.82) is 0 Å². The molecule has 0 aliphatic carbocycles. The SMILES string of the molecule is COC(=O)c1cc(-c2ccccc2)cc2c1OC(CCl)C2. The van der Waals surface area contributed by atoms with Gasteiger partial charge in [-0.1, -0.05) is 30.3 Å². The number of carbonyl (C=O) groups is 1. The molecule has 108 valence electrons. The molecule has 0 N–H and O–H groups in total. The number of hydrogen-bond donors (Lipinski definition) is 0. The number of halogens is 1. The zero-order valence-corrected chi connectivity index (χ0v) is 12.4. The monoisotopic (exact) mass is 302 g/mol. The van der Waals surface area contributed by atoms with E-state index in [1.54, 1.807) is 0 Å². The standard InChI is InChI=1S/C17H15ClO3/c1-20-17(19)15-9-12(11-5-3-2-4-6-11)7-13-8-14(10-18)21-16(13)15/h2-7,9,14H,8,10H2,1H3. The third kappa shape index (κ3) is 2.61. The van der Waals surface area contributed by atoms with Gasteiger partial charge in [0.25, 0.3) is 0 Å². The van der Waals surface area contributed by atoms with Gasteiger partial charge < -0.3 is 9.47 Å². The first-order chi connectivity index (χ1) is 10.2. The van der Waals surface area contributed by atoms with Crippen LogP contribution >= 0.6 is 11.6 Å². The first kappa shape index (κ1) is 14.0. The Kier molecular flexibility index (Phi) is 3.84. The molecule has 1 unspecified atom stereocenters. The van der Waals surface area contributed by atoms with Gasteiger partial charge in [0, 0.05) is 6.42 Å². The Labute approximate surface area is 128 Å². The fourth-order valence-corrected chi connectivity index (χ4v) is 2.75. The van der Waals surface area contributed by atoms with Gasteiger partial charge in [-0.3, -0.25) is 0 Å². The molecule has 2 aromatic rings. The Morgan fingerprint density at radius 1 is 1.29 bits per heavy atom. The zero-order chi connectivity index (χ0) is 14.8. The molecule has 1 aliphatic rings. The molecule has 21 heavy (non-hydrogen) atoms. The predicted octanol–water partition coefficient (Wildman–Crippen LogP) is 3.68. The molecule has 0 spiro atoms. The molecule has 1 atom stereocenters. The Balaban J connectivity index is 2.12. The largest absolute Gasteiger partial charge is 0.488 e. The summed E-state index contributed by atoms with van der Waals surface area (Å²) in [5, 5.41) is 0. The van der Waals surface area contributed by atoms with Crippen molar-refractivity contribution < 1.29 is 14.3 Å². The van der Waals surface area contributed by atoms with Crippen LogP contribution in [0.3, 0.4) is 0 Å². The highest BCUT2D eigenvalue weighted by Gasteiger charge is 2.28. The minimum atomic E-state index is -0.390. The summed E-state index contributed by atoms with van der Waals surface area (Å²) in [5.41, 5.74) is 3.50.